The lowest BCUT2D eigenvalue weighted by Gasteiger charge is -2.32. The first-order valence-electron chi connectivity index (χ1n) is 9.76. The molecular weight excluding hydrogens is 329 g/mol. The van der Waals surface area contributed by atoms with E-state index in [0.717, 1.165) is 24.3 Å². The molecule has 0 aromatic heterocycles. The second-order valence-corrected chi connectivity index (χ2v) is 8.48. The van der Waals surface area contributed by atoms with E-state index in [4.69, 9.17) is 14.0 Å². The predicted octanol–water partition coefficient (Wildman–Crippen LogP) is 2.21. The molecule has 2 aliphatic rings. The quantitative estimate of drug-likeness (QED) is 0.788. The van der Waals surface area contributed by atoms with Crippen molar-refractivity contribution in [3.63, 3.8) is 0 Å². The monoisotopic (exact) mass is 361 g/mol. The minimum absolute atomic E-state index is 0.312. The van der Waals surface area contributed by atoms with Gasteiger partial charge in [-0.1, -0.05) is 18.6 Å². The Labute approximate surface area is 157 Å². The molecule has 5 nitrogen and oxygen atoms in total. The number of hydrogen-bond donors (Lipinski definition) is 1. The van der Waals surface area contributed by atoms with Gasteiger partial charge in [-0.2, -0.15) is 0 Å². The highest BCUT2D eigenvalue weighted by atomic mass is 16.7. The average Bonchev–Trinajstić information content (AvgIpc) is 2.82. The van der Waals surface area contributed by atoms with Gasteiger partial charge < -0.3 is 24.1 Å². The van der Waals surface area contributed by atoms with E-state index in [1.54, 1.807) is 0 Å². The summed E-state index contributed by atoms with van der Waals surface area (Å²) in [6.07, 6.45) is 3.30. The van der Waals surface area contributed by atoms with Gasteiger partial charge in [0.25, 0.3) is 0 Å². The Morgan fingerprint density at radius 3 is 2.19 bits per heavy atom. The van der Waals surface area contributed by atoms with Crippen LogP contribution in [0.5, 0.6) is 5.75 Å². The lowest BCUT2D eigenvalue weighted by atomic mass is 9.79. The van der Waals surface area contributed by atoms with Gasteiger partial charge in [0.15, 0.2) is 0 Å². The van der Waals surface area contributed by atoms with Gasteiger partial charge in [0.2, 0.25) is 0 Å². The van der Waals surface area contributed by atoms with Crippen LogP contribution in [0, 0.1) is 0 Å². The number of rotatable bonds is 6. The number of aliphatic hydroxyl groups excluding tert-OH is 1. The second-order valence-electron chi connectivity index (χ2n) is 8.48. The SMILES string of the molecule is CC1(C)OB(c2ccc(OCC(O)CN3CCCCC3)cc2)OC1(C)C. The molecule has 2 saturated heterocycles. The fourth-order valence-electron chi connectivity index (χ4n) is 3.39. The van der Waals surface area contributed by atoms with E-state index >= 15 is 0 Å². The van der Waals surface area contributed by atoms with Crippen LogP contribution in [0.15, 0.2) is 24.3 Å². The molecule has 1 N–H and O–H groups in total. The van der Waals surface area contributed by atoms with Gasteiger partial charge >= 0.3 is 7.12 Å². The fraction of sp³-hybridized carbons (Fsp3) is 0.700. The van der Waals surface area contributed by atoms with Crippen LogP contribution in [-0.2, 0) is 9.31 Å². The maximum absolute atomic E-state index is 10.2. The number of β-amino-alcohol motifs (C(OH)–C–C–N with tert-alkyl or cyclic N) is 1. The molecule has 144 valence electrons. The summed E-state index contributed by atoms with van der Waals surface area (Å²) in [7, 11) is -0.362. The van der Waals surface area contributed by atoms with Gasteiger partial charge in [0, 0.05) is 6.54 Å². The molecule has 0 saturated carbocycles. The molecule has 1 unspecified atom stereocenters. The van der Waals surface area contributed by atoms with Crippen molar-refractivity contribution in [1.29, 1.82) is 0 Å². The van der Waals surface area contributed by atoms with E-state index in [0.29, 0.717) is 13.2 Å². The summed E-state index contributed by atoms with van der Waals surface area (Å²) < 4.78 is 17.9. The molecule has 0 aliphatic carbocycles. The molecule has 6 heteroatoms. The van der Waals surface area contributed by atoms with Crippen LogP contribution >= 0.6 is 0 Å². The van der Waals surface area contributed by atoms with Gasteiger partial charge in [0.1, 0.15) is 18.5 Å². The fourth-order valence-corrected chi connectivity index (χ4v) is 3.39. The molecule has 2 aliphatic heterocycles. The number of piperidine rings is 1. The average molecular weight is 361 g/mol. The maximum Gasteiger partial charge on any atom is 0.494 e. The van der Waals surface area contributed by atoms with Gasteiger partial charge in [0.05, 0.1) is 11.2 Å². The van der Waals surface area contributed by atoms with Crippen molar-refractivity contribution in [2.45, 2.75) is 64.3 Å². The smallest absolute Gasteiger partial charge is 0.491 e. The largest absolute Gasteiger partial charge is 0.494 e. The van der Waals surface area contributed by atoms with E-state index in [9.17, 15) is 5.11 Å². The Balaban J connectivity index is 1.49. The minimum Gasteiger partial charge on any atom is -0.491 e. The molecule has 1 aromatic rings. The Morgan fingerprint density at radius 2 is 1.62 bits per heavy atom. The molecule has 3 rings (SSSR count). The zero-order valence-corrected chi connectivity index (χ0v) is 16.5. The number of hydrogen-bond acceptors (Lipinski definition) is 5. The number of aliphatic hydroxyl groups is 1. The summed E-state index contributed by atoms with van der Waals surface area (Å²) in [6, 6.07) is 7.75. The summed E-state index contributed by atoms with van der Waals surface area (Å²) in [4.78, 5) is 2.32. The zero-order valence-electron chi connectivity index (χ0n) is 16.5. The number of ether oxygens (including phenoxy) is 1. The second kappa shape index (κ2) is 7.89. The molecule has 2 heterocycles. The lowest BCUT2D eigenvalue weighted by Crippen LogP contribution is -2.41. The first-order chi connectivity index (χ1) is 12.3. The molecule has 1 aromatic carbocycles. The van der Waals surface area contributed by atoms with Crippen molar-refractivity contribution in [2.75, 3.05) is 26.2 Å². The zero-order chi connectivity index (χ0) is 18.8. The summed E-state index contributed by atoms with van der Waals surface area (Å²) in [5, 5.41) is 10.2. The standard InChI is InChI=1S/C20H32BNO4/c1-19(2)20(3,4)26-21(25-19)16-8-10-18(11-9-16)24-15-17(23)14-22-12-6-5-7-13-22/h8-11,17,23H,5-7,12-15H2,1-4H3. The highest BCUT2D eigenvalue weighted by molar-refractivity contribution is 6.62. The molecule has 1 atom stereocenters. The van der Waals surface area contributed by atoms with E-state index in [1.807, 2.05) is 52.0 Å². The van der Waals surface area contributed by atoms with Gasteiger partial charge in [-0.3, -0.25) is 0 Å². The Morgan fingerprint density at radius 1 is 1.04 bits per heavy atom. The maximum atomic E-state index is 10.2. The van der Waals surface area contributed by atoms with Crippen molar-refractivity contribution in [3.05, 3.63) is 24.3 Å². The minimum atomic E-state index is -0.462. The number of nitrogens with zero attached hydrogens (tertiary/aromatic N) is 1. The molecule has 0 spiro atoms. The van der Waals surface area contributed by atoms with Crippen LogP contribution in [-0.4, -0.2) is 60.7 Å². The molecule has 26 heavy (non-hydrogen) atoms. The summed E-state index contributed by atoms with van der Waals surface area (Å²) in [6.45, 7) is 11.4. The molecule has 2 fully saturated rings. The normalized spacial score (nSPS) is 23.8. The third-order valence-corrected chi connectivity index (χ3v) is 5.77. The van der Waals surface area contributed by atoms with Crippen LogP contribution in [0.2, 0.25) is 0 Å². The van der Waals surface area contributed by atoms with Crippen molar-refractivity contribution >= 4 is 12.6 Å². The van der Waals surface area contributed by atoms with E-state index in [2.05, 4.69) is 4.90 Å². The van der Waals surface area contributed by atoms with Gasteiger partial charge in [-0.05, 0) is 71.2 Å². The van der Waals surface area contributed by atoms with Gasteiger partial charge in [-0.15, -0.1) is 0 Å². The molecule has 0 bridgehead atoms. The highest BCUT2D eigenvalue weighted by Gasteiger charge is 2.51. The van der Waals surface area contributed by atoms with Crippen molar-refractivity contribution in [3.8, 4) is 5.75 Å². The summed E-state index contributed by atoms with van der Waals surface area (Å²) >= 11 is 0. The molecule has 0 amide bonds. The van der Waals surface area contributed by atoms with Crippen LogP contribution in [0.3, 0.4) is 0 Å². The first kappa shape index (κ1) is 19.7. The molecule has 0 radical (unpaired) electrons. The first-order valence-corrected chi connectivity index (χ1v) is 9.76. The van der Waals surface area contributed by atoms with E-state index in [-0.39, 0.29) is 18.3 Å². The summed E-state index contributed by atoms with van der Waals surface area (Å²) in [5.74, 6) is 0.753. The van der Waals surface area contributed by atoms with Gasteiger partial charge in [-0.25, -0.2) is 0 Å². The topological polar surface area (TPSA) is 51.2 Å². The third-order valence-electron chi connectivity index (χ3n) is 5.77. The Kier molecular flexibility index (Phi) is 5.97. The van der Waals surface area contributed by atoms with Crippen molar-refractivity contribution in [2.24, 2.45) is 0 Å². The van der Waals surface area contributed by atoms with Crippen LogP contribution in [0.25, 0.3) is 0 Å². The van der Waals surface area contributed by atoms with E-state index < -0.39 is 6.10 Å². The summed E-state index contributed by atoms with van der Waals surface area (Å²) in [5.41, 5.74) is 0.293. The Hall–Kier alpha value is -1.08. The van der Waals surface area contributed by atoms with E-state index in [1.165, 1.54) is 19.3 Å². The van der Waals surface area contributed by atoms with Crippen molar-refractivity contribution < 1.29 is 19.2 Å². The van der Waals surface area contributed by atoms with Crippen molar-refractivity contribution in [1.82, 2.24) is 4.90 Å². The predicted molar refractivity (Wildman–Crippen MR) is 104 cm³/mol. The third kappa shape index (κ3) is 4.60. The number of likely N-dealkylation sites (tertiary alicyclic amines) is 1. The van der Waals surface area contributed by atoms with Crippen LogP contribution in [0.1, 0.15) is 47.0 Å². The number of benzene rings is 1. The highest BCUT2D eigenvalue weighted by Crippen LogP contribution is 2.36. The van der Waals surface area contributed by atoms with Crippen LogP contribution < -0.4 is 10.2 Å². The van der Waals surface area contributed by atoms with Crippen LogP contribution in [0.4, 0.5) is 0 Å². The Bertz CT molecular complexity index is 568. The lowest BCUT2D eigenvalue weighted by molar-refractivity contribution is 0.00578. The molecular formula is C20H32BNO4.